The average Bonchev–Trinajstić information content (AvgIpc) is 3.69. The molecule has 3 aromatic heterocycles. The van der Waals surface area contributed by atoms with Crippen LogP contribution in [0.5, 0.6) is 0 Å². The van der Waals surface area contributed by atoms with E-state index in [1.807, 2.05) is 23.5 Å². The van der Waals surface area contributed by atoms with Crippen LogP contribution in [0.15, 0.2) is 152 Å². The Morgan fingerprint density at radius 1 is 0.417 bits per heavy atom. The number of aromatic nitrogens is 3. The number of nitrogens with zero attached hydrogens (tertiary/aromatic N) is 3. The lowest BCUT2D eigenvalue weighted by molar-refractivity contribution is 1.08. The van der Waals surface area contributed by atoms with E-state index in [9.17, 15) is 0 Å². The minimum atomic E-state index is 0.837. The van der Waals surface area contributed by atoms with Gasteiger partial charge < -0.3 is 0 Å². The summed E-state index contributed by atoms with van der Waals surface area (Å²) in [7, 11) is 0. The van der Waals surface area contributed by atoms with E-state index in [4.69, 9.17) is 9.97 Å². The van der Waals surface area contributed by atoms with Gasteiger partial charge in [0.25, 0.3) is 0 Å². The second-order valence-electron chi connectivity index (χ2n) is 12.6. The van der Waals surface area contributed by atoms with Gasteiger partial charge in [-0.2, -0.15) is 0 Å². The van der Waals surface area contributed by atoms with Gasteiger partial charge >= 0.3 is 0 Å². The van der Waals surface area contributed by atoms with Gasteiger partial charge in [0.1, 0.15) is 5.69 Å². The van der Waals surface area contributed by atoms with Crippen LogP contribution in [0.25, 0.3) is 102 Å². The first-order valence-electron chi connectivity index (χ1n) is 16.3. The maximum atomic E-state index is 5.40. The number of thiophene rings is 1. The lowest BCUT2D eigenvalue weighted by Crippen LogP contribution is -2.03. The molecule has 11 aromatic rings. The van der Waals surface area contributed by atoms with Gasteiger partial charge in [0.15, 0.2) is 5.82 Å². The number of hydrogen-bond acceptors (Lipinski definition) is 3. The highest BCUT2D eigenvalue weighted by atomic mass is 32.1. The lowest BCUT2D eigenvalue weighted by Gasteiger charge is -2.14. The van der Waals surface area contributed by atoms with Gasteiger partial charge in [0, 0.05) is 36.5 Å². The minimum Gasteiger partial charge on any atom is -0.292 e. The highest BCUT2D eigenvalue weighted by molar-refractivity contribution is 7.25. The molecule has 11 rings (SSSR count). The molecule has 0 unspecified atom stereocenters. The Morgan fingerprint density at radius 2 is 1.08 bits per heavy atom. The van der Waals surface area contributed by atoms with E-state index in [2.05, 4.69) is 144 Å². The average molecular weight is 628 g/mol. The molecule has 0 radical (unpaired) electrons. The third-order valence-corrected chi connectivity index (χ3v) is 11.1. The molecule has 0 N–H and O–H groups in total. The molecule has 0 atom stereocenters. The Labute approximate surface area is 278 Å². The first-order valence-corrected chi connectivity index (χ1v) is 17.1. The summed E-state index contributed by atoms with van der Waals surface area (Å²) in [5, 5.41) is 12.6. The molecular weight excluding hydrogens is 603 g/mol. The van der Waals surface area contributed by atoms with Gasteiger partial charge in [0.05, 0.1) is 22.1 Å². The number of rotatable bonds is 2. The van der Waals surface area contributed by atoms with Crippen LogP contribution >= 0.6 is 11.3 Å². The Kier molecular flexibility index (Phi) is 5.26. The minimum absolute atomic E-state index is 0.837. The Bertz CT molecular complexity index is 3130. The zero-order valence-electron chi connectivity index (χ0n) is 25.7. The van der Waals surface area contributed by atoms with Crippen molar-refractivity contribution in [2.45, 2.75) is 0 Å². The number of benzene rings is 8. The molecule has 222 valence electrons. The molecule has 0 bridgehead atoms. The summed E-state index contributed by atoms with van der Waals surface area (Å²) in [4.78, 5) is 10.7. The van der Waals surface area contributed by atoms with E-state index in [0.29, 0.717) is 0 Å². The van der Waals surface area contributed by atoms with E-state index in [-0.39, 0.29) is 0 Å². The molecule has 0 spiro atoms. The Morgan fingerprint density at radius 3 is 2.00 bits per heavy atom. The van der Waals surface area contributed by atoms with E-state index < -0.39 is 0 Å². The second kappa shape index (κ2) is 9.71. The molecule has 0 aliphatic heterocycles. The SMILES string of the molecule is c1ccc2c(c1)ccc1ccc3c(ccc4c3c3ccccc3n4-c3nc4ccccc4nc3-c3ccc4sc5ccccc5c4c3)c12. The van der Waals surface area contributed by atoms with Crippen molar-refractivity contribution in [1.29, 1.82) is 0 Å². The van der Waals surface area contributed by atoms with Crippen molar-refractivity contribution in [2.75, 3.05) is 0 Å². The first-order chi connectivity index (χ1) is 23.8. The molecule has 3 nitrogen and oxygen atoms in total. The fourth-order valence-corrected chi connectivity index (χ4v) is 8.91. The van der Waals surface area contributed by atoms with Crippen LogP contribution in [-0.2, 0) is 0 Å². The summed E-state index contributed by atoms with van der Waals surface area (Å²) >= 11 is 1.83. The van der Waals surface area contributed by atoms with E-state index in [0.717, 1.165) is 39.1 Å². The highest BCUT2D eigenvalue weighted by Crippen LogP contribution is 2.43. The van der Waals surface area contributed by atoms with E-state index in [1.54, 1.807) is 0 Å². The fraction of sp³-hybridized carbons (Fsp3) is 0. The van der Waals surface area contributed by atoms with Crippen LogP contribution in [0, 0.1) is 0 Å². The van der Waals surface area contributed by atoms with Gasteiger partial charge in [-0.3, -0.25) is 4.57 Å². The van der Waals surface area contributed by atoms with Crippen LogP contribution in [0.4, 0.5) is 0 Å². The molecule has 8 aromatic carbocycles. The molecule has 4 heteroatoms. The van der Waals surface area contributed by atoms with Crippen molar-refractivity contribution >= 4 is 96.7 Å². The first kappa shape index (κ1) is 26.0. The quantitative estimate of drug-likeness (QED) is 0.179. The van der Waals surface area contributed by atoms with Gasteiger partial charge in [-0.1, -0.05) is 109 Å². The normalized spacial score (nSPS) is 12.2. The fourth-order valence-electron chi connectivity index (χ4n) is 7.82. The molecule has 0 saturated heterocycles. The van der Waals surface area contributed by atoms with E-state index in [1.165, 1.54) is 63.3 Å². The van der Waals surface area contributed by atoms with Gasteiger partial charge in [-0.15, -0.1) is 11.3 Å². The van der Waals surface area contributed by atoms with Crippen molar-refractivity contribution in [3.05, 3.63) is 152 Å². The van der Waals surface area contributed by atoms with Crippen molar-refractivity contribution in [2.24, 2.45) is 0 Å². The zero-order valence-corrected chi connectivity index (χ0v) is 26.5. The standard InChI is InChI=1S/C44H25N3S/c1-2-10-29-26(9-1)17-18-27-19-21-32-31(41(27)29)22-23-38-42(32)33-12-3-7-15-37(33)47(38)44-43(45-35-13-5-6-14-36(35)46-44)28-20-24-40-34(25-28)30-11-4-8-16-39(30)48-40/h1-25H. The zero-order chi connectivity index (χ0) is 31.3. The second-order valence-corrected chi connectivity index (χ2v) is 13.6. The third-order valence-electron chi connectivity index (χ3n) is 9.95. The third kappa shape index (κ3) is 3.58. The molecular formula is C44H25N3S. The molecule has 0 aliphatic rings. The van der Waals surface area contributed by atoms with Gasteiger partial charge in [-0.05, 0) is 74.8 Å². The van der Waals surface area contributed by atoms with Crippen LogP contribution in [0.2, 0.25) is 0 Å². The molecule has 0 saturated carbocycles. The van der Waals surface area contributed by atoms with Crippen molar-refractivity contribution in [3.8, 4) is 17.1 Å². The summed E-state index contributed by atoms with van der Waals surface area (Å²) in [5.74, 6) is 0.837. The monoisotopic (exact) mass is 627 g/mol. The smallest absolute Gasteiger partial charge is 0.165 e. The van der Waals surface area contributed by atoms with Crippen molar-refractivity contribution < 1.29 is 0 Å². The lowest BCUT2D eigenvalue weighted by atomic mass is 9.94. The van der Waals surface area contributed by atoms with Crippen molar-refractivity contribution in [1.82, 2.24) is 14.5 Å². The number of fused-ring (bicyclic) bond motifs is 13. The van der Waals surface area contributed by atoms with Crippen LogP contribution < -0.4 is 0 Å². The number of hydrogen-bond donors (Lipinski definition) is 0. The number of para-hydroxylation sites is 3. The van der Waals surface area contributed by atoms with Crippen LogP contribution in [0.1, 0.15) is 0 Å². The molecule has 48 heavy (non-hydrogen) atoms. The van der Waals surface area contributed by atoms with E-state index >= 15 is 0 Å². The van der Waals surface area contributed by atoms with Crippen LogP contribution in [-0.4, -0.2) is 14.5 Å². The highest BCUT2D eigenvalue weighted by Gasteiger charge is 2.21. The topological polar surface area (TPSA) is 30.7 Å². The molecule has 0 aliphatic carbocycles. The Hall–Kier alpha value is -6.10. The molecule has 0 amide bonds. The van der Waals surface area contributed by atoms with Crippen LogP contribution in [0.3, 0.4) is 0 Å². The summed E-state index contributed by atoms with van der Waals surface area (Å²) in [6.45, 7) is 0. The summed E-state index contributed by atoms with van der Waals surface area (Å²) in [5.41, 5.74) is 5.93. The summed E-state index contributed by atoms with van der Waals surface area (Å²) in [6, 6.07) is 54.7. The maximum Gasteiger partial charge on any atom is 0.165 e. The maximum absolute atomic E-state index is 5.40. The van der Waals surface area contributed by atoms with Gasteiger partial charge in [-0.25, -0.2) is 9.97 Å². The van der Waals surface area contributed by atoms with Crippen molar-refractivity contribution in [3.63, 3.8) is 0 Å². The summed E-state index contributed by atoms with van der Waals surface area (Å²) < 4.78 is 4.91. The summed E-state index contributed by atoms with van der Waals surface area (Å²) in [6.07, 6.45) is 0. The molecule has 0 fully saturated rings. The predicted molar refractivity (Wildman–Crippen MR) is 205 cm³/mol. The van der Waals surface area contributed by atoms with Gasteiger partial charge in [0.2, 0.25) is 0 Å². The predicted octanol–water partition coefficient (Wildman–Crippen LogP) is 12.2. The Balaban J connectivity index is 1.27. The molecule has 3 heterocycles. The largest absolute Gasteiger partial charge is 0.292 e.